The lowest BCUT2D eigenvalue weighted by atomic mass is 10.2. The largest absolute Gasteiger partial charge is 0.452 e. The van der Waals surface area contributed by atoms with Crippen LogP contribution in [0.1, 0.15) is 25.8 Å². The molecule has 0 atom stereocenters. The molecule has 0 spiro atoms. The second-order valence-electron chi connectivity index (χ2n) is 4.38. The van der Waals surface area contributed by atoms with Gasteiger partial charge in [-0.25, -0.2) is 4.79 Å². The number of hydrogen-bond acceptors (Lipinski definition) is 3. The minimum atomic E-state index is -0.457. The maximum absolute atomic E-state index is 11.7. The first-order chi connectivity index (χ1) is 9.43. The van der Waals surface area contributed by atoms with E-state index < -0.39 is 5.97 Å². The van der Waals surface area contributed by atoms with Gasteiger partial charge in [-0.2, -0.15) is 0 Å². The summed E-state index contributed by atoms with van der Waals surface area (Å²) in [5, 5.41) is 2.72. The maximum Gasteiger partial charge on any atom is 0.333 e. The Labute approximate surface area is 132 Å². The van der Waals surface area contributed by atoms with Gasteiger partial charge in [0.15, 0.2) is 6.61 Å². The van der Waals surface area contributed by atoms with Crippen molar-refractivity contribution >= 4 is 40.2 Å². The summed E-state index contributed by atoms with van der Waals surface area (Å²) < 4.78 is 6.03. The fourth-order valence-corrected chi connectivity index (χ4v) is 2.23. The molecule has 1 N–H and O–H groups in total. The Morgan fingerprint density at radius 2 is 2.10 bits per heavy atom. The molecule has 0 aliphatic heterocycles. The van der Waals surface area contributed by atoms with Crippen LogP contribution in [0.4, 0.5) is 5.69 Å². The van der Waals surface area contributed by atoms with Gasteiger partial charge in [-0.1, -0.05) is 13.0 Å². The highest BCUT2D eigenvalue weighted by atomic mass is 127. The SMILES string of the molecule is CC/C=C(/C)C(=O)OCC(=O)Nc1ccc(I)cc1C. The highest BCUT2D eigenvalue weighted by Crippen LogP contribution is 2.17. The summed E-state index contributed by atoms with van der Waals surface area (Å²) in [4.78, 5) is 23.3. The average Bonchev–Trinajstić information content (AvgIpc) is 2.39. The van der Waals surface area contributed by atoms with Crippen molar-refractivity contribution in [1.82, 2.24) is 0 Å². The second-order valence-corrected chi connectivity index (χ2v) is 5.62. The number of esters is 1. The lowest BCUT2D eigenvalue weighted by molar-refractivity contribution is -0.143. The Hall–Kier alpha value is -1.37. The zero-order chi connectivity index (χ0) is 15.1. The number of hydrogen-bond donors (Lipinski definition) is 1. The number of ether oxygens (including phenoxy) is 1. The Morgan fingerprint density at radius 3 is 2.70 bits per heavy atom. The molecule has 0 radical (unpaired) electrons. The number of carbonyl (C=O) groups excluding carboxylic acids is 2. The molecule has 20 heavy (non-hydrogen) atoms. The molecular formula is C15H18INO3. The molecule has 0 saturated heterocycles. The monoisotopic (exact) mass is 387 g/mol. The zero-order valence-electron chi connectivity index (χ0n) is 11.8. The molecule has 0 heterocycles. The van der Waals surface area contributed by atoms with Crippen molar-refractivity contribution in [2.45, 2.75) is 27.2 Å². The number of amides is 1. The van der Waals surface area contributed by atoms with Gasteiger partial charge in [0.25, 0.3) is 5.91 Å². The number of allylic oxidation sites excluding steroid dienone is 1. The summed E-state index contributed by atoms with van der Waals surface area (Å²) in [5.74, 6) is -0.798. The van der Waals surface area contributed by atoms with Crippen molar-refractivity contribution in [1.29, 1.82) is 0 Å². The van der Waals surface area contributed by atoms with Crippen molar-refractivity contribution < 1.29 is 14.3 Å². The Morgan fingerprint density at radius 1 is 1.40 bits per heavy atom. The van der Waals surface area contributed by atoms with Crippen LogP contribution in [0.15, 0.2) is 29.8 Å². The van der Waals surface area contributed by atoms with E-state index in [2.05, 4.69) is 27.9 Å². The van der Waals surface area contributed by atoms with Gasteiger partial charge in [-0.05, 0) is 66.6 Å². The van der Waals surface area contributed by atoms with Crippen LogP contribution in [-0.2, 0) is 14.3 Å². The number of carbonyl (C=O) groups is 2. The highest BCUT2D eigenvalue weighted by molar-refractivity contribution is 14.1. The van der Waals surface area contributed by atoms with Crippen LogP contribution in [-0.4, -0.2) is 18.5 Å². The van der Waals surface area contributed by atoms with Gasteiger partial charge in [0, 0.05) is 14.8 Å². The van der Waals surface area contributed by atoms with Crippen LogP contribution in [0.2, 0.25) is 0 Å². The molecular weight excluding hydrogens is 369 g/mol. The van der Waals surface area contributed by atoms with E-state index in [4.69, 9.17) is 4.74 Å². The van der Waals surface area contributed by atoms with Crippen molar-refractivity contribution in [3.8, 4) is 0 Å². The predicted molar refractivity (Wildman–Crippen MR) is 87.5 cm³/mol. The van der Waals surface area contributed by atoms with Crippen molar-refractivity contribution in [2.75, 3.05) is 11.9 Å². The highest BCUT2D eigenvalue weighted by Gasteiger charge is 2.10. The predicted octanol–water partition coefficient (Wildman–Crippen LogP) is 3.44. The van der Waals surface area contributed by atoms with Crippen molar-refractivity contribution in [3.63, 3.8) is 0 Å². The summed E-state index contributed by atoms with van der Waals surface area (Å²) in [7, 11) is 0. The molecule has 0 aliphatic rings. The molecule has 0 unspecified atom stereocenters. The first kappa shape index (κ1) is 16.7. The van der Waals surface area contributed by atoms with E-state index in [0.717, 1.165) is 21.2 Å². The van der Waals surface area contributed by atoms with E-state index >= 15 is 0 Å². The van der Waals surface area contributed by atoms with Gasteiger partial charge in [-0.3, -0.25) is 4.79 Å². The molecule has 5 heteroatoms. The lowest BCUT2D eigenvalue weighted by Crippen LogP contribution is -2.21. The third kappa shape index (κ3) is 5.32. The van der Waals surface area contributed by atoms with Crippen molar-refractivity contribution in [3.05, 3.63) is 39.0 Å². The van der Waals surface area contributed by atoms with Gasteiger partial charge in [0.05, 0.1) is 0 Å². The lowest BCUT2D eigenvalue weighted by Gasteiger charge is -2.09. The van der Waals surface area contributed by atoms with E-state index in [9.17, 15) is 9.59 Å². The molecule has 1 rings (SSSR count). The first-order valence-corrected chi connectivity index (χ1v) is 7.41. The van der Waals surface area contributed by atoms with Gasteiger partial charge in [-0.15, -0.1) is 0 Å². The van der Waals surface area contributed by atoms with Crippen LogP contribution >= 0.6 is 22.6 Å². The summed E-state index contributed by atoms with van der Waals surface area (Å²) in [6.07, 6.45) is 2.53. The minimum Gasteiger partial charge on any atom is -0.452 e. The van der Waals surface area contributed by atoms with Crippen LogP contribution in [0.25, 0.3) is 0 Å². The molecule has 108 valence electrons. The summed E-state index contributed by atoms with van der Waals surface area (Å²) in [6, 6.07) is 5.71. The van der Waals surface area contributed by atoms with Gasteiger partial charge in [0.1, 0.15) is 0 Å². The van der Waals surface area contributed by atoms with Crippen LogP contribution < -0.4 is 5.32 Å². The number of nitrogens with one attached hydrogen (secondary N) is 1. The average molecular weight is 387 g/mol. The Kier molecular flexibility index (Phi) is 6.70. The van der Waals surface area contributed by atoms with E-state index in [0.29, 0.717) is 5.57 Å². The van der Waals surface area contributed by atoms with Gasteiger partial charge in [0.2, 0.25) is 0 Å². The van der Waals surface area contributed by atoms with Gasteiger partial charge >= 0.3 is 5.97 Å². The zero-order valence-corrected chi connectivity index (χ0v) is 14.0. The summed E-state index contributed by atoms with van der Waals surface area (Å²) in [6.45, 7) is 5.24. The summed E-state index contributed by atoms with van der Waals surface area (Å²) in [5.41, 5.74) is 2.22. The molecule has 0 fully saturated rings. The van der Waals surface area contributed by atoms with Crippen LogP contribution in [0.3, 0.4) is 0 Å². The van der Waals surface area contributed by atoms with E-state index in [-0.39, 0.29) is 12.5 Å². The third-order valence-electron chi connectivity index (χ3n) is 2.63. The minimum absolute atomic E-state index is 0.279. The fourth-order valence-electron chi connectivity index (χ4n) is 1.59. The van der Waals surface area contributed by atoms with E-state index in [1.165, 1.54) is 0 Å². The third-order valence-corrected chi connectivity index (χ3v) is 3.30. The molecule has 0 aromatic heterocycles. The molecule has 1 aromatic carbocycles. The Balaban J connectivity index is 2.52. The number of anilines is 1. The first-order valence-electron chi connectivity index (χ1n) is 6.34. The molecule has 0 aliphatic carbocycles. The van der Waals surface area contributed by atoms with E-state index in [1.807, 2.05) is 32.0 Å². The molecule has 1 aromatic rings. The van der Waals surface area contributed by atoms with Crippen molar-refractivity contribution in [2.24, 2.45) is 0 Å². The maximum atomic E-state index is 11.7. The quantitative estimate of drug-likeness (QED) is 0.479. The molecule has 1 amide bonds. The van der Waals surface area contributed by atoms with Gasteiger partial charge < -0.3 is 10.1 Å². The Bertz CT molecular complexity index is 538. The fraction of sp³-hybridized carbons (Fsp3) is 0.333. The number of aryl methyl sites for hydroxylation is 1. The topological polar surface area (TPSA) is 55.4 Å². The normalized spacial score (nSPS) is 11.1. The number of halogens is 1. The van der Waals surface area contributed by atoms with Crippen LogP contribution in [0.5, 0.6) is 0 Å². The number of rotatable bonds is 5. The standard InChI is InChI=1S/C15H18INO3/c1-4-5-10(2)15(19)20-9-14(18)17-13-7-6-12(16)8-11(13)3/h5-8H,4,9H2,1-3H3,(H,17,18)/b10-5-. The molecule has 0 bridgehead atoms. The molecule has 0 saturated carbocycles. The molecule has 4 nitrogen and oxygen atoms in total. The number of benzene rings is 1. The summed E-state index contributed by atoms with van der Waals surface area (Å²) >= 11 is 2.21. The second kappa shape index (κ2) is 8.04. The van der Waals surface area contributed by atoms with E-state index in [1.54, 1.807) is 13.0 Å². The van der Waals surface area contributed by atoms with Crippen LogP contribution in [0, 0.1) is 10.5 Å². The smallest absolute Gasteiger partial charge is 0.333 e.